The monoisotopic (exact) mass is 341 g/mol. The summed E-state index contributed by atoms with van der Waals surface area (Å²) in [5.74, 6) is -0.282. The maximum absolute atomic E-state index is 13.7. The summed E-state index contributed by atoms with van der Waals surface area (Å²) in [6, 6.07) is 14.5. The quantitative estimate of drug-likeness (QED) is 0.503. The molecule has 0 amide bonds. The van der Waals surface area contributed by atoms with Gasteiger partial charge in [-0.2, -0.15) is 0 Å². The van der Waals surface area contributed by atoms with E-state index in [0.717, 1.165) is 37.0 Å². The Morgan fingerprint density at radius 3 is 2.70 bits per heavy atom. The van der Waals surface area contributed by atoms with Gasteiger partial charge in [0.15, 0.2) is 4.34 Å². The normalized spacial score (nSPS) is 11.2. The highest BCUT2D eigenvalue weighted by Crippen LogP contribution is 2.37. The first-order valence-electron chi connectivity index (χ1n) is 7.00. The maximum Gasteiger partial charge on any atom is 0.152 e. The van der Waals surface area contributed by atoms with Crippen molar-refractivity contribution in [1.82, 2.24) is 9.97 Å². The van der Waals surface area contributed by atoms with Crippen molar-refractivity contribution in [2.75, 3.05) is 11.6 Å². The molecule has 0 fully saturated rings. The van der Waals surface area contributed by atoms with Crippen LogP contribution in [0.5, 0.6) is 0 Å². The fraction of sp³-hybridized carbons (Fsp3) is 0.0588. The largest absolute Gasteiger partial charge is 0.353 e. The van der Waals surface area contributed by atoms with Crippen molar-refractivity contribution in [2.45, 2.75) is 4.34 Å². The SMILES string of the molecule is CSc1nc2c(Nc3ccccc3)c3cc(F)ccc3nc2s1. The van der Waals surface area contributed by atoms with Crippen LogP contribution in [0.2, 0.25) is 0 Å². The van der Waals surface area contributed by atoms with Gasteiger partial charge in [-0.1, -0.05) is 41.3 Å². The predicted octanol–water partition coefficient (Wildman–Crippen LogP) is 5.45. The van der Waals surface area contributed by atoms with Crippen LogP contribution in [0.3, 0.4) is 0 Å². The molecule has 0 aliphatic heterocycles. The number of thioether (sulfide) groups is 1. The molecule has 0 aliphatic carbocycles. The van der Waals surface area contributed by atoms with Crippen molar-refractivity contribution < 1.29 is 4.39 Å². The molecular weight excluding hydrogens is 329 g/mol. The fourth-order valence-corrected chi connectivity index (χ4v) is 3.90. The van der Waals surface area contributed by atoms with Crippen LogP contribution < -0.4 is 5.32 Å². The number of para-hydroxylation sites is 1. The number of thiazole rings is 1. The minimum absolute atomic E-state index is 0.282. The van der Waals surface area contributed by atoms with Crippen LogP contribution in [-0.4, -0.2) is 16.2 Å². The highest BCUT2D eigenvalue weighted by Gasteiger charge is 2.15. The summed E-state index contributed by atoms with van der Waals surface area (Å²) >= 11 is 3.13. The van der Waals surface area contributed by atoms with E-state index in [1.807, 2.05) is 36.6 Å². The summed E-state index contributed by atoms with van der Waals surface area (Å²) in [5, 5.41) is 4.12. The Hall–Kier alpha value is -2.18. The molecule has 0 bridgehead atoms. The third-order valence-corrected chi connectivity index (χ3v) is 5.43. The lowest BCUT2D eigenvalue weighted by Gasteiger charge is -2.10. The van der Waals surface area contributed by atoms with E-state index in [-0.39, 0.29) is 5.82 Å². The Balaban J connectivity index is 2.02. The van der Waals surface area contributed by atoms with Gasteiger partial charge < -0.3 is 5.32 Å². The molecule has 23 heavy (non-hydrogen) atoms. The molecule has 0 saturated heterocycles. The summed E-state index contributed by atoms with van der Waals surface area (Å²) in [4.78, 5) is 10.1. The third-order valence-electron chi connectivity index (χ3n) is 3.49. The zero-order valence-electron chi connectivity index (χ0n) is 12.2. The predicted molar refractivity (Wildman–Crippen MR) is 96.4 cm³/mol. The van der Waals surface area contributed by atoms with Crippen molar-refractivity contribution in [2.24, 2.45) is 0 Å². The lowest BCUT2D eigenvalue weighted by Crippen LogP contribution is -1.95. The number of nitrogens with one attached hydrogen (secondary N) is 1. The Bertz CT molecular complexity index is 999. The zero-order valence-corrected chi connectivity index (χ0v) is 13.8. The molecule has 0 aliphatic rings. The molecule has 4 aromatic rings. The lowest BCUT2D eigenvalue weighted by atomic mass is 10.1. The van der Waals surface area contributed by atoms with Gasteiger partial charge in [-0.25, -0.2) is 14.4 Å². The zero-order chi connectivity index (χ0) is 15.8. The van der Waals surface area contributed by atoms with Crippen LogP contribution in [0.15, 0.2) is 52.9 Å². The van der Waals surface area contributed by atoms with Gasteiger partial charge in [-0.3, -0.25) is 0 Å². The fourth-order valence-electron chi connectivity index (χ4n) is 2.45. The summed E-state index contributed by atoms with van der Waals surface area (Å²) in [6.07, 6.45) is 1.99. The van der Waals surface area contributed by atoms with Crippen molar-refractivity contribution in [1.29, 1.82) is 0 Å². The number of benzene rings is 2. The number of anilines is 2. The Labute approximate surface area is 140 Å². The molecule has 0 unspecified atom stereocenters. The second kappa shape index (κ2) is 5.79. The molecule has 0 radical (unpaired) electrons. The standard InChI is InChI=1S/C17H12FN3S2/c1-22-17-21-15-14(19-11-5-3-2-4-6-11)12-9-10(18)7-8-13(12)20-16(15)23-17/h2-9H,1H3,(H,19,20). The molecule has 0 saturated carbocycles. The van der Waals surface area contributed by atoms with E-state index in [9.17, 15) is 4.39 Å². The summed E-state index contributed by atoms with van der Waals surface area (Å²) < 4.78 is 14.7. The van der Waals surface area contributed by atoms with E-state index in [4.69, 9.17) is 0 Å². The molecular formula is C17H12FN3S2. The van der Waals surface area contributed by atoms with Gasteiger partial charge >= 0.3 is 0 Å². The molecule has 2 aromatic carbocycles. The van der Waals surface area contributed by atoms with E-state index < -0.39 is 0 Å². The van der Waals surface area contributed by atoms with Gasteiger partial charge in [0.25, 0.3) is 0 Å². The van der Waals surface area contributed by atoms with Gasteiger partial charge in [-0.15, -0.1) is 0 Å². The van der Waals surface area contributed by atoms with E-state index in [0.29, 0.717) is 0 Å². The second-order valence-electron chi connectivity index (χ2n) is 4.98. The van der Waals surface area contributed by atoms with Crippen LogP contribution in [0, 0.1) is 5.82 Å². The van der Waals surface area contributed by atoms with Crippen molar-refractivity contribution in [3.63, 3.8) is 0 Å². The minimum Gasteiger partial charge on any atom is -0.353 e. The number of aromatic nitrogens is 2. The summed E-state index contributed by atoms with van der Waals surface area (Å²) in [6.45, 7) is 0. The Morgan fingerprint density at radius 1 is 1.09 bits per heavy atom. The van der Waals surface area contributed by atoms with Gasteiger partial charge in [0.2, 0.25) is 0 Å². The van der Waals surface area contributed by atoms with Crippen LogP contribution >= 0.6 is 23.1 Å². The van der Waals surface area contributed by atoms with Crippen LogP contribution in [0.25, 0.3) is 21.3 Å². The van der Waals surface area contributed by atoms with Crippen LogP contribution in [-0.2, 0) is 0 Å². The minimum atomic E-state index is -0.282. The van der Waals surface area contributed by atoms with Gasteiger partial charge in [0, 0.05) is 11.1 Å². The first-order valence-corrected chi connectivity index (χ1v) is 9.04. The highest BCUT2D eigenvalue weighted by molar-refractivity contribution is 8.00. The molecule has 114 valence electrons. The number of halogens is 1. The van der Waals surface area contributed by atoms with E-state index in [1.54, 1.807) is 29.2 Å². The van der Waals surface area contributed by atoms with Gasteiger partial charge in [-0.05, 0) is 36.6 Å². The third kappa shape index (κ3) is 2.64. The summed E-state index contributed by atoms with van der Waals surface area (Å²) in [5.41, 5.74) is 3.27. The van der Waals surface area contributed by atoms with Crippen molar-refractivity contribution in [3.8, 4) is 0 Å². The molecule has 2 aromatic heterocycles. The maximum atomic E-state index is 13.7. The second-order valence-corrected chi connectivity index (χ2v) is 7.01. The average molecular weight is 341 g/mol. The molecule has 1 N–H and O–H groups in total. The van der Waals surface area contributed by atoms with E-state index in [2.05, 4.69) is 15.3 Å². The van der Waals surface area contributed by atoms with E-state index in [1.165, 1.54) is 12.1 Å². The molecule has 3 nitrogen and oxygen atoms in total. The topological polar surface area (TPSA) is 37.8 Å². The number of nitrogens with zero attached hydrogens (tertiary/aromatic N) is 2. The number of rotatable bonds is 3. The first kappa shape index (κ1) is 14.4. The highest BCUT2D eigenvalue weighted by atomic mass is 32.2. The van der Waals surface area contributed by atoms with Crippen molar-refractivity contribution >= 4 is 55.7 Å². The molecule has 2 heterocycles. The Morgan fingerprint density at radius 2 is 1.91 bits per heavy atom. The molecule has 0 spiro atoms. The number of pyridine rings is 1. The molecule has 4 rings (SSSR count). The molecule has 0 atom stereocenters. The van der Waals surface area contributed by atoms with Gasteiger partial charge in [0.1, 0.15) is 16.2 Å². The molecule has 6 heteroatoms. The van der Waals surface area contributed by atoms with Crippen LogP contribution in [0.1, 0.15) is 0 Å². The van der Waals surface area contributed by atoms with Crippen LogP contribution in [0.4, 0.5) is 15.8 Å². The smallest absolute Gasteiger partial charge is 0.152 e. The first-order chi connectivity index (χ1) is 11.2. The Kier molecular flexibility index (Phi) is 3.63. The average Bonchev–Trinajstić information content (AvgIpc) is 2.99. The van der Waals surface area contributed by atoms with Crippen molar-refractivity contribution in [3.05, 3.63) is 54.3 Å². The number of hydrogen-bond donors (Lipinski definition) is 1. The van der Waals surface area contributed by atoms with E-state index >= 15 is 0 Å². The summed E-state index contributed by atoms with van der Waals surface area (Å²) in [7, 11) is 0. The van der Waals surface area contributed by atoms with Gasteiger partial charge in [0.05, 0.1) is 11.2 Å². The number of hydrogen-bond acceptors (Lipinski definition) is 5. The lowest BCUT2D eigenvalue weighted by molar-refractivity contribution is 0.629. The number of fused-ring (bicyclic) bond motifs is 2.